The van der Waals surface area contributed by atoms with E-state index < -0.39 is 16.4 Å². The van der Waals surface area contributed by atoms with Gasteiger partial charge in [-0.2, -0.15) is 4.39 Å². The first kappa shape index (κ1) is 12.0. The molecule has 0 aromatic heterocycles. The van der Waals surface area contributed by atoms with Crippen molar-refractivity contribution in [3.63, 3.8) is 0 Å². The predicted molar refractivity (Wildman–Crippen MR) is 62.2 cm³/mol. The third-order valence-corrected chi connectivity index (χ3v) is 3.90. The van der Waals surface area contributed by atoms with Crippen LogP contribution in [0.25, 0.3) is 0 Å². The number of halogens is 1. The van der Waals surface area contributed by atoms with Crippen LogP contribution in [0.5, 0.6) is 0 Å². The number of nitrogens with two attached hydrogens (primary N) is 1. The van der Waals surface area contributed by atoms with Gasteiger partial charge in [-0.15, -0.1) is 0 Å². The van der Waals surface area contributed by atoms with Crippen LogP contribution in [0.3, 0.4) is 0 Å². The summed E-state index contributed by atoms with van der Waals surface area (Å²) in [6.07, 6.45) is 1.79. The summed E-state index contributed by atoms with van der Waals surface area (Å²) in [5.41, 5.74) is 5.68. The molecule has 0 amide bonds. The van der Waals surface area contributed by atoms with Crippen LogP contribution in [0, 0.1) is 15.9 Å². The van der Waals surface area contributed by atoms with Gasteiger partial charge in [0.05, 0.1) is 4.92 Å². The highest BCUT2D eigenvalue weighted by Crippen LogP contribution is 2.49. The summed E-state index contributed by atoms with van der Waals surface area (Å²) in [5, 5.41) is 10.7. The Morgan fingerprint density at radius 1 is 1.47 bits per heavy atom. The SMILES string of the molecule is CC(C)(c1ccc(F)c([N+](=O)[O-])c1)C1(N)CC1. The van der Waals surface area contributed by atoms with Crippen molar-refractivity contribution in [3.8, 4) is 0 Å². The Balaban J connectivity index is 2.47. The molecule has 1 aliphatic carbocycles. The molecule has 0 radical (unpaired) electrons. The number of benzene rings is 1. The van der Waals surface area contributed by atoms with Crippen molar-refractivity contribution in [1.29, 1.82) is 0 Å². The molecule has 0 aliphatic heterocycles. The van der Waals surface area contributed by atoms with E-state index in [1.165, 1.54) is 6.07 Å². The minimum absolute atomic E-state index is 0.321. The lowest BCUT2D eigenvalue weighted by molar-refractivity contribution is -0.387. The molecule has 2 rings (SSSR count). The topological polar surface area (TPSA) is 69.2 Å². The fourth-order valence-electron chi connectivity index (χ4n) is 2.09. The number of nitro benzene ring substituents is 1. The van der Waals surface area contributed by atoms with Crippen LogP contribution >= 0.6 is 0 Å². The summed E-state index contributed by atoms with van der Waals surface area (Å²) in [7, 11) is 0. The van der Waals surface area contributed by atoms with Crippen LogP contribution in [-0.2, 0) is 5.41 Å². The van der Waals surface area contributed by atoms with Gasteiger partial charge in [-0.05, 0) is 24.5 Å². The molecule has 1 saturated carbocycles. The zero-order valence-corrected chi connectivity index (χ0v) is 9.87. The van der Waals surface area contributed by atoms with Gasteiger partial charge in [0.25, 0.3) is 0 Å². The van der Waals surface area contributed by atoms with E-state index in [9.17, 15) is 14.5 Å². The molecular weight excluding hydrogens is 223 g/mol. The van der Waals surface area contributed by atoms with Crippen LogP contribution in [0.15, 0.2) is 18.2 Å². The monoisotopic (exact) mass is 238 g/mol. The van der Waals surface area contributed by atoms with Gasteiger partial charge in [0, 0.05) is 17.0 Å². The number of nitro groups is 1. The fourth-order valence-corrected chi connectivity index (χ4v) is 2.09. The number of hydrogen-bond acceptors (Lipinski definition) is 3. The Hall–Kier alpha value is -1.49. The summed E-state index contributed by atoms with van der Waals surface area (Å²) in [4.78, 5) is 10.00. The Morgan fingerprint density at radius 3 is 2.53 bits per heavy atom. The summed E-state index contributed by atoms with van der Waals surface area (Å²) in [5.74, 6) is -0.809. The molecule has 0 saturated heterocycles. The van der Waals surface area contributed by atoms with Crippen molar-refractivity contribution in [1.82, 2.24) is 0 Å². The summed E-state index contributed by atoms with van der Waals surface area (Å²) in [6.45, 7) is 3.88. The molecule has 0 unspecified atom stereocenters. The first-order valence-corrected chi connectivity index (χ1v) is 5.51. The van der Waals surface area contributed by atoms with Crippen molar-refractivity contribution in [2.24, 2.45) is 5.73 Å². The summed E-state index contributed by atoms with van der Waals surface area (Å²) in [6, 6.07) is 4.01. The minimum Gasteiger partial charge on any atom is -0.324 e. The third-order valence-electron chi connectivity index (χ3n) is 3.90. The lowest BCUT2D eigenvalue weighted by Gasteiger charge is -2.32. The smallest absolute Gasteiger partial charge is 0.305 e. The third kappa shape index (κ3) is 1.80. The normalized spacial score (nSPS) is 17.9. The van der Waals surface area contributed by atoms with Crippen LogP contribution in [0.1, 0.15) is 32.3 Å². The maximum Gasteiger partial charge on any atom is 0.305 e. The molecule has 0 bridgehead atoms. The zero-order valence-electron chi connectivity index (χ0n) is 9.87. The molecule has 0 heterocycles. The van der Waals surface area contributed by atoms with Crippen molar-refractivity contribution in [2.75, 3.05) is 0 Å². The van der Waals surface area contributed by atoms with Gasteiger partial charge in [-0.3, -0.25) is 10.1 Å². The fraction of sp³-hybridized carbons (Fsp3) is 0.500. The second-order valence-electron chi connectivity index (χ2n) is 5.20. The molecule has 0 spiro atoms. The zero-order chi connectivity index (χ0) is 12.8. The van der Waals surface area contributed by atoms with E-state index >= 15 is 0 Å². The lowest BCUT2D eigenvalue weighted by atomic mass is 9.76. The van der Waals surface area contributed by atoms with E-state index in [4.69, 9.17) is 5.73 Å². The highest BCUT2D eigenvalue weighted by atomic mass is 19.1. The van der Waals surface area contributed by atoms with Gasteiger partial charge in [-0.1, -0.05) is 19.9 Å². The van der Waals surface area contributed by atoms with Gasteiger partial charge in [-0.25, -0.2) is 0 Å². The molecule has 2 N–H and O–H groups in total. The second-order valence-corrected chi connectivity index (χ2v) is 5.20. The van der Waals surface area contributed by atoms with E-state index in [1.807, 2.05) is 13.8 Å². The molecular formula is C12H15FN2O2. The largest absolute Gasteiger partial charge is 0.324 e. The summed E-state index contributed by atoms with van der Waals surface area (Å²) >= 11 is 0. The standard InChI is InChI=1S/C12H15FN2O2/c1-11(2,12(14)5-6-12)8-3-4-9(13)10(7-8)15(16)17/h3-4,7H,5-6,14H2,1-2H3. The minimum atomic E-state index is -0.809. The lowest BCUT2D eigenvalue weighted by Crippen LogP contribution is -2.43. The van der Waals surface area contributed by atoms with E-state index in [0.717, 1.165) is 18.9 Å². The van der Waals surface area contributed by atoms with E-state index in [1.54, 1.807) is 6.07 Å². The highest BCUT2D eigenvalue weighted by Gasteiger charge is 2.52. The molecule has 1 aromatic rings. The molecule has 5 heteroatoms. The molecule has 1 aliphatic rings. The van der Waals surface area contributed by atoms with Gasteiger partial charge >= 0.3 is 5.69 Å². The second kappa shape index (κ2) is 3.50. The maximum atomic E-state index is 13.2. The molecule has 17 heavy (non-hydrogen) atoms. The van der Waals surface area contributed by atoms with Crippen LogP contribution in [0.4, 0.5) is 10.1 Å². The van der Waals surface area contributed by atoms with E-state index in [0.29, 0.717) is 5.56 Å². The maximum absolute atomic E-state index is 13.2. The van der Waals surface area contributed by atoms with Gasteiger partial charge in [0.15, 0.2) is 0 Å². The van der Waals surface area contributed by atoms with Crippen LogP contribution < -0.4 is 5.73 Å². The van der Waals surface area contributed by atoms with Gasteiger partial charge < -0.3 is 5.73 Å². The highest BCUT2D eigenvalue weighted by molar-refractivity contribution is 5.42. The average molecular weight is 238 g/mol. The summed E-state index contributed by atoms with van der Waals surface area (Å²) < 4.78 is 13.2. The first-order valence-electron chi connectivity index (χ1n) is 5.51. The van der Waals surface area contributed by atoms with Gasteiger partial charge in [0.1, 0.15) is 0 Å². The van der Waals surface area contributed by atoms with Crippen molar-refractivity contribution in [2.45, 2.75) is 37.6 Å². The molecule has 4 nitrogen and oxygen atoms in total. The number of rotatable bonds is 3. The van der Waals surface area contributed by atoms with Crippen molar-refractivity contribution < 1.29 is 9.31 Å². The van der Waals surface area contributed by atoms with Crippen LogP contribution in [-0.4, -0.2) is 10.5 Å². The Morgan fingerprint density at radius 2 is 2.06 bits per heavy atom. The van der Waals surface area contributed by atoms with E-state index in [-0.39, 0.29) is 11.0 Å². The first-order chi connectivity index (χ1) is 7.78. The Bertz CT molecular complexity index is 481. The average Bonchev–Trinajstić information content (AvgIpc) is 2.98. The Labute approximate surface area is 98.8 Å². The van der Waals surface area contributed by atoms with Crippen LogP contribution in [0.2, 0.25) is 0 Å². The number of nitrogens with zero attached hydrogens (tertiary/aromatic N) is 1. The molecule has 1 fully saturated rings. The molecule has 1 aromatic carbocycles. The van der Waals surface area contributed by atoms with Crippen molar-refractivity contribution >= 4 is 5.69 Å². The van der Waals surface area contributed by atoms with E-state index in [2.05, 4.69) is 0 Å². The van der Waals surface area contributed by atoms with Gasteiger partial charge in [0.2, 0.25) is 5.82 Å². The molecule has 0 atom stereocenters. The van der Waals surface area contributed by atoms with Crippen molar-refractivity contribution in [3.05, 3.63) is 39.7 Å². The number of hydrogen-bond donors (Lipinski definition) is 1. The Kier molecular flexibility index (Phi) is 2.47. The molecule has 92 valence electrons. The predicted octanol–water partition coefficient (Wildman–Crippen LogP) is 2.50. The quantitative estimate of drug-likeness (QED) is 0.649.